The Labute approximate surface area is 137 Å². The standard InChI is InChI=1S/C15H26O7S/c1-3-5-6-7-8-9-11-15(10-4-2,14(18)19)12(13(16)17)23(20,21)22/h4,12H,2-3,5-11H2,1H3,(H,16,17)(H,18,19)(H,20,21,22). The molecule has 134 valence electrons. The van der Waals surface area contributed by atoms with Crippen LogP contribution in [0.25, 0.3) is 0 Å². The first-order chi connectivity index (χ1) is 10.6. The van der Waals surface area contributed by atoms with Crippen molar-refractivity contribution in [2.24, 2.45) is 5.41 Å². The van der Waals surface area contributed by atoms with Gasteiger partial charge in [-0.1, -0.05) is 51.5 Å². The van der Waals surface area contributed by atoms with Crippen molar-refractivity contribution in [3.8, 4) is 0 Å². The van der Waals surface area contributed by atoms with Crippen LogP contribution in [-0.2, 0) is 19.7 Å². The molecule has 0 rings (SSSR count). The average molecular weight is 350 g/mol. The van der Waals surface area contributed by atoms with E-state index in [-0.39, 0.29) is 12.8 Å². The molecule has 0 fully saturated rings. The molecule has 23 heavy (non-hydrogen) atoms. The largest absolute Gasteiger partial charge is 0.481 e. The first kappa shape index (κ1) is 21.6. The van der Waals surface area contributed by atoms with Crippen LogP contribution in [0.15, 0.2) is 12.7 Å². The van der Waals surface area contributed by atoms with Crippen LogP contribution in [0.4, 0.5) is 0 Å². The third kappa shape index (κ3) is 6.31. The molecule has 0 bridgehead atoms. The minimum atomic E-state index is -5.07. The van der Waals surface area contributed by atoms with E-state index < -0.39 is 32.7 Å². The van der Waals surface area contributed by atoms with Gasteiger partial charge in [0.15, 0.2) is 5.25 Å². The van der Waals surface area contributed by atoms with Crippen LogP contribution >= 0.6 is 0 Å². The van der Waals surface area contributed by atoms with Crippen molar-refractivity contribution in [3.63, 3.8) is 0 Å². The van der Waals surface area contributed by atoms with E-state index >= 15 is 0 Å². The van der Waals surface area contributed by atoms with Gasteiger partial charge < -0.3 is 10.2 Å². The molecule has 0 radical (unpaired) electrons. The molecule has 0 saturated carbocycles. The zero-order valence-electron chi connectivity index (χ0n) is 13.4. The summed E-state index contributed by atoms with van der Waals surface area (Å²) in [5.74, 6) is -3.43. The Morgan fingerprint density at radius 3 is 2.04 bits per heavy atom. The average Bonchev–Trinajstić information content (AvgIpc) is 2.40. The lowest BCUT2D eigenvalue weighted by Gasteiger charge is -2.32. The number of hydrogen-bond donors (Lipinski definition) is 3. The second-order valence-corrected chi connectivity index (χ2v) is 7.21. The normalized spacial score (nSPS) is 15.6. The van der Waals surface area contributed by atoms with E-state index in [1.54, 1.807) is 0 Å². The number of aliphatic carboxylic acids is 2. The summed E-state index contributed by atoms with van der Waals surface area (Å²) < 4.78 is 32.1. The third-order valence-electron chi connectivity index (χ3n) is 3.93. The van der Waals surface area contributed by atoms with Crippen LogP contribution in [0.5, 0.6) is 0 Å². The Morgan fingerprint density at radius 2 is 1.65 bits per heavy atom. The van der Waals surface area contributed by atoms with Crippen molar-refractivity contribution < 1.29 is 32.8 Å². The molecule has 2 unspecified atom stereocenters. The summed E-state index contributed by atoms with van der Waals surface area (Å²) in [5, 5.41) is 16.2. The molecule has 3 N–H and O–H groups in total. The van der Waals surface area contributed by atoms with Crippen molar-refractivity contribution in [2.45, 2.75) is 63.5 Å². The number of carbonyl (C=O) groups is 2. The fraction of sp³-hybridized carbons (Fsp3) is 0.733. The summed E-state index contributed by atoms with van der Waals surface area (Å²) in [5.41, 5.74) is -2.12. The molecule has 0 aromatic rings. The molecule has 0 heterocycles. The zero-order valence-corrected chi connectivity index (χ0v) is 14.2. The van der Waals surface area contributed by atoms with Gasteiger partial charge in [-0.25, -0.2) is 0 Å². The van der Waals surface area contributed by atoms with Gasteiger partial charge >= 0.3 is 11.9 Å². The second-order valence-electron chi connectivity index (χ2n) is 5.71. The Hall–Kier alpha value is -1.41. The van der Waals surface area contributed by atoms with Crippen LogP contribution in [0.3, 0.4) is 0 Å². The third-order valence-corrected chi connectivity index (χ3v) is 5.18. The number of allylic oxidation sites excluding steroid dienone is 1. The quantitative estimate of drug-likeness (QED) is 0.264. The molecular weight excluding hydrogens is 324 g/mol. The van der Waals surface area contributed by atoms with Crippen LogP contribution in [-0.4, -0.2) is 40.4 Å². The molecular formula is C15H26O7S. The van der Waals surface area contributed by atoms with E-state index in [0.29, 0.717) is 12.8 Å². The highest BCUT2D eigenvalue weighted by Crippen LogP contribution is 2.38. The number of unbranched alkanes of at least 4 members (excludes halogenated alkanes) is 5. The van der Waals surface area contributed by atoms with Gasteiger partial charge in [-0.2, -0.15) is 8.42 Å². The Bertz CT molecular complexity index is 512. The fourth-order valence-corrected chi connectivity index (χ4v) is 3.91. The van der Waals surface area contributed by atoms with Crippen LogP contribution in [0.1, 0.15) is 58.3 Å². The fourth-order valence-electron chi connectivity index (χ4n) is 2.77. The maximum Gasteiger partial charge on any atom is 0.325 e. The van der Waals surface area contributed by atoms with Gasteiger partial charge in [-0.3, -0.25) is 14.1 Å². The summed E-state index contributed by atoms with van der Waals surface area (Å²) >= 11 is 0. The lowest BCUT2D eigenvalue weighted by atomic mass is 9.76. The van der Waals surface area contributed by atoms with Gasteiger partial charge in [0.1, 0.15) is 5.41 Å². The summed E-state index contributed by atoms with van der Waals surface area (Å²) in [6.45, 7) is 5.45. The van der Waals surface area contributed by atoms with E-state index in [4.69, 9.17) is 5.11 Å². The van der Waals surface area contributed by atoms with E-state index in [1.165, 1.54) is 6.08 Å². The van der Waals surface area contributed by atoms with Crippen molar-refractivity contribution >= 4 is 22.1 Å². The van der Waals surface area contributed by atoms with Crippen molar-refractivity contribution in [2.75, 3.05) is 0 Å². The van der Waals surface area contributed by atoms with Gasteiger partial charge in [0.2, 0.25) is 0 Å². The van der Waals surface area contributed by atoms with Gasteiger partial charge in [0, 0.05) is 0 Å². The number of hydrogen-bond acceptors (Lipinski definition) is 4. The van der Waals surface area contributed by atoms with Crippen LogP contribution in [0.2, 0.25) is 0 Å². The van der Waals surface area contributed by atoms with Crippen LogP contribution in [0, 0.1) is 5.41 Å². The molecule has 0 aliphatic rings. The molecule has 0 aliphatic carbocycles. The van der Waals surface area contributed by atoms with Crippen molar-refractivity contribution in [1.82, 2.24) is 0 Å². The predicted molar refractivity (Wildman–Crippen MR) is 85.8 cm³/mol. The molecule has 7 nitrogen and oxygen atoms in total. The lowest BCUT2D eigenvalue weighted by Crippen LogP contribution is -2.50. The van der Waals surface area contributed by atoms with Crippen molar-refractivity contribution in [1.29, 1.82) is 0 Å². The highest BCUT2D eigenvalue weighted by Gasteiger charge is 2.55. The van der Waals surface area contributed by atoms with E-state index in [0.717, 1.165) is 25.7 Å². The second kappa shape index (κ2) is 9.67. The summed E-state index contributed by atoms with van der Waals surface area (Å²) in [7, 11) is -5.07. The van der Waals surface area contributed by atoms with Gasteiger partial charge in [-0.15, -0.1) is 6.58 Å². The number of rotatable bonds is 13. The van der Waals surface area contributed by atoms with Crippen LogP contribution < -0.4 is 0 Å². The summed E-state index contributed by atoms with van der Waals surface area (Å²) in [6.07, 6.45) is 5.66. The van der Waals surface area contributed by atoms with Gasteiger partial charge in [-0.05, 0) is 12.8 Å². The van der Waals surface area contributed by atoms with Gasteiger partial charge in [0.05, 0.1) is 0 Å². The maximum atomic E-state index is 11.7. The molecule has 8 heteroatoms. The molecule has 0 amide bonds. The highest BCUT2D eigenvalue weighted by atomic mass is 32.2. The molecule has 2 atom stereocenters. The first-order valence-corrected chi connectivity index (χ1v) is 9.17. The van der Waals surface area contributed by atoms with E-state index in [9.17, 15) is 27.7 Å². The molecule has 0 aromatic carbocycles. The summed E-state index contributed by atoms with van der Waals surface area (Å²) in [4.78, 5) is 23.0. The highest BCUT2D eigenvalue weighted by molar-refractivity contribution is 7.87. The zero-order chi connectivity index (χ0) is 18.1. The Morgan fingerprint density at radius 1 is 1.13 bits per heavy atom. The maximum absolute atomic E-state index is 11.7. The molecule has 0 aliphatic heterocycles. The van der Waals surface area contributed by atoms with E-state index in [2.05, 4.69) is 13.5 Å². The smallest absolute Gasteiger partial charge is 0.325 e. The SMILES string of the molecule is C=CCC(CCCCCCCC)(C(=O)O)C(C(=O)O)S(=O)(=O)O. The number of carboxylic acid groups (broad SMARTS) is 2. The minimum Gasteiger partial charge on any atom is -0.481 e. The lowest BCUT2D eigenvalue weighted by molar-refractivity contribution is -0.155. The predicted octanol–water partition coefficient (Wildman–Crippen LogP) is 2.73. The van der Waals surface area contributed by atoms with Crippen molar-refractivity contribution in [3.05, 3.63) is 12.7 Å². The molecule has 0 aromatic heterocycles. The Balaban J connectivity index is 5.35. The molecule has 0 spiro atoms. The monoisotopic (exact) mass is 350 g/mol. The minimum absolute atomic E-state index is 0.156. The molecule has 0 saturated heterocycles. The Kier molecular flexibility index (Phi) is 9.07. The summed E-state index contributed by atoms with van der Waals surface area (Å²) in [6, 6.07) is 0. The first-order valence-electron chi connectivity index (χ1n) is 7.67. The van der Waals surface area contributed by atoms with E-state index in [1.807, 2.05) is 0 Å². The number of carboxylic acids is 2. The topological polar surface area (TPSA) is 129 Å². The van der Waals surface area contributed by atoms with Gasteiger partial charge in [0.25, 0.3) is 10.1 Å².